The van der Waals surface area contributed by atoms with Crippen LogP contribution in [0.15, 0.2) is 78.1 Å². The Morgan fingerprint density at radius 1 is 1.04 bits per heavy atom. The van der Waals surface area contributed by atoms with Crippen LogP contribution in [0, 0.1) is 0 Å². The van der Waals surface area contributed by atoms with Crippen molar-refractivity contribution >= 4 is 35.4 Å². The number of hydrogen-bond acceptors (Lipinski definition) is 11. The molecule has 1 atom stereocenters. The number of anilines is 2. The Morgan fingerprint density at radius 3 is 2.55 bits per heavy atom. The number of hydrogen-bond donors (Lipinski definition) is 3. The number of nitrogens with two attached hydrogens (primary N) is 2. The summed E-state index contributed by atoms with van der Waals surface area (Å²) in [5.41, 5.74) is 15.3. The molecule has 0 spiro atoms. The molecule has 1 aliphatic rings. The second-order valence-corrected chi connectivity index (χ2v) is 10.9. The largest absolute Gasteiger partial charge is 0.508 e. The van der Waals surface area contributed by atoms with Crippen molar-refractivity contribution in [3.63, 3.8) is 0 Å². The summed E-state index contributed by atoms with van der Waals surface area (Å²) in [6, 6.07) is 19.3. The van der Waals surface area contributed by atoms with E-state index in [2.05, 4.69) is 22.4 Å². The second kappa shape index (κ2) is 18.1. The van der Waals surface area contributed by atoms with Gasteiger partial charge in [0.05, 0.1) is 6.42 Å². The van der Waals surface area contributed by atoms with E-state index >= 15 is 0 Å². The molecule has 4 rings (SSSR count). The Kier molecular flexibility index (Phi) is 13.4. The van der Waals surface area contributed by atoms with E-state index in [0.29, 0.717) is 30.4 Å². The highest BCUT2D eigenvalue weighted by atomic mass is 16.7. The van der Waals surface area contributed by atoms with Gasteiger partial charge < -0.3 is 35.8 Å². The van der Waals surface area contributed by atoms with Crippen LogP contribution >= 0.6 is 0 Å². The van der Waals surface area contributed by atoms with Crippen LogP contribution in [-0.2, 0) is 23.8 Å². The van der Waals surface area contributed by atoms with E-state index in [1.807, 2.05) is 30.3 Å². The van der Waals surface area contributed by atoms with E-state index < -0.39 is 24.3 Å². The Hall–Kier alpha value is -5.17. The molecule has 0 bridgehead atoms. The van der Waals surface area contributed by atoms with Crippen LogP contribution in [0.2, 0.25) is 0 Å². The number of ether oxygens (including phenoxy) is 3. The number of oxime groups is 1. The predicted octanol–water partition coefficient (Wildman–Crippen LogP) is 4.53. The van der Waals surface area contributed by atoms with Crippen molar-refractivity contribution in [2.75, 3.05) is 43.1 Å². The third kappa shape index (κ3) is 11.0. The fraction of sp³-hybridized carbons (Fsp3) is 0.382. The van der Waals surface area contributed by atoms with E-state index in [0.717, 1.165) is 36.1 Å². The lowest BCUT2D eigenvalue weighted by Gasteiger charge is -2.24. The molecule has 0 radical (unpaired) electrons. The first kappa shape index (κ1) is 34.7. The summed E-state index contributed by atoms with van der Waals surface area (Å²) in [6.45, 7) is 2.94. The Balaban J connectivity index is 1.33. The molecule has 1 aromatic heterocycles. The molecule has 1 fully saturated rings. The highest BCUT2D eigenvalue weighted by molar-refractivity contribution is 6.06. The summed E-state index contributed by atoms with van der Waals surface area (Å²) in [5.74, 6) is -0.230. The SMILES string of the molecule is CCCCCCON=C(N)c1ccc(NCC(N)c2cccc(C(=O)N(CCC(=O)OC3COC(=O)OC3)c3ccccn3)c2)cc1. The van der Waals surface area contributed by atoms with Crippen molar-refractivity contribution < 1.29 is 33.4 Å². The third-order valence-electron chi connectivity index (χ3n) is 7.30. The number of nitrogens with one attached hydrogen (secondary N) is 1. The van der Waals surface area contributed by atoms with Crippen molar-refractivity contribution in [2.24, 2.45) is 16.6 Å². The van der Waals surface area contributed by atoms with Gasteiger partial charge in [-0.1, -0.05) is 43.1 Å². The van der Waals surface area contributed by atoms with Crippen LogP contribution in [0.5, 0.6) is 0 Å². The zero-order valence-electron chi connectivity index (χ0n) is 26.5. The average molecular weight is 647 g/mol. The number of unbranched alkanes of at least 4 members (excludes halogenated alkanes) is 3. The van der Waals surface area contributed by atoms with Gasteiger partial charge in [-0.15, -0.1) is 0 Å². The van der Waals surface area contributed by atoms with Crippen molar-refractivity contribution in [1.82, 2.24) is 4.98 Å². The maximum absolute atomic E-state index is 13.7. The summed E-state index contributed by atoms with van der Waals surface area (Å²) in [5, 5.41) is 7.33. The number of esters is 1. The molecule has 1 unspecified atom stereocenters. The van der Waals surface area contributed by atoms with Crippen molar-refractivity contribution in [3.05, 3.63) is 89.6 Å². The van der Waals surface area contributed by atoms with Gasteiger partial charge in [0.2, 0.25) is 0 Å². The fourth-order valence-electron chi connectivity index (χ4n) is 4.69. The topological polar surface area (TPSA) is 181 Å². The minimum absolute atomic E-state index is 0.0101. The molecule has 250 valence electrons. The monoisotopic (exact) mass is 646 g/mol. The highest BCUT2D eigenvalue weighted by Gasteiger charge is 2.26. The smallest absolute Gasteiger partial charge is 0.455 e. The first-order valence-corrected chi connectivity index (χ1v) is 15.7. The van der Waals surface area contributed by atoms with E-state index in [-0.39, 0.29) is 32.1 Å². The molecular formula is C34H42N6O7. The lowest BCUT2D eigenvalue weighted by Crippen LogP contribution is -2.37. The number of pyridine rings is 1. The summed E-state index contributed by atoms with van der Waals surface area (Å²) >= 11 is 0. The van der Waals surface area contributed by atoms with Crippen molar-refractivity contribution in [2.45, 2.75) is 51.2 Å². The van der Waals surface area contributed by atoms with Gasteiger partial charge in [-0.3, -0.25) is 14.5 Å². The van der Waals surface area contributed by atoms with Gasteiger partial charge in [-0.2, -0.15) is 0 Å². The number of carbonyl (C=O) groups excluding carboxylic acids is 3. The summed E-state index contributed by atoms with van der Waals surface area (Å²) < 4.78 is 14.8. The quantitative estimate of drug-likeness (QED) is 0.0616. The van der Waals surface area contributed by atoms with Gasteiger partial charge in [0.25, 0.3) is 5.91 Å². The number of rotatable bonds is 17. The normalized spacial score (nSPS) is 14.0. The molecule has 5 N–H and O–H groups in total. The fourth-order valence-corrected chi connectivity index (χ4v) is 4.69. The first-order valence-electron chi connectivity index (χ1n) is 15.7. The minimum atomic E-state index is -0.804. The number of benzene rings is 2. The molecule has 13 heteroatoms. The molecule has 13 nitrogen and oxygen atoms in total. The maximum Gasteiger partial charge on any atom is 0.508 e. The Labute approximate surface area is 274 Å². The number of aromatic nitrogens is 1. The molecule has 1 saturated heterocycles. The zero-order valence-corrected chi connectivity index (χ0v) is 26.5. The number of nitrogens with zero attached hydrogens (tertiary/aromatic N) is 3. The highest BCUT2D eigenvalue weighted by Crippen LogP contribution is 2.20. The average Bonchev–Trinajstić information content (AvgIpc) is 3.10. The van der Waals surface area contributed by atoms with Crippen molar-refractivity contribution in [1.29, 1.82) is 0 Å². The molecule has 2 aromatic carbocycles. The molecule has 47 heavy (non-hydrogen) atoms. The second-order valence-electron chi connectivity index (χ2n) is 10.9. The molecule has 1 aliphatic heterocycles. The van der Waals surface area contributed by atoms with Crippen LogP contribution in [0.3, 0.4) is 0 Å². The summed E-state index contributed by atoms with van der Waals surface area (Å²) in [4.78, 5) is 48.4. The van der Waals surface area contributed by atoms with Crippen LogP contribution in [0.4, 0.5) is 16.3 Å². The van der Waals surface area contributed by atoms with Gasteiger partial charge in [-0.25, -0.2) is 9.78 Å². The Morgan fingerprint density at radius 2 is 1.83 bits per heavy atom. The zero-order chi connectivity index (χ0) is 33.4. The third-order valence-corrected chi connectivity index (χ3v) is 7.30. The van der Waals surface area contributed by atoms with Crippen LogP contribution < -0.4 is 21.7 Å². The first-order chi connectivity index (χ1) is 22.8. The van der Waals surface area contributed by atoms with Crippen molar-refractivity contribution in [3.8, 4) is 0 Å². The van der Waals surface area contributed by atoms with Gasteiger partial charge >= 0.3 is 12.1 Å². The lowest BCUT2D eigenvalue weighted by molar-refractivity contribution is -0.158. The lowest BCUT2D eigenvalue weighted by atomic mass is 10.0. The van der Waals surface area contributed by atoms with Gasteiger partial charge in [-0.05, 0) is 66.9 Å². The van der Waals surface area contributed by atoms with Crippen LogP contribution in [0.25, 0.3) is 0 Å². The number of amidine groups is 1. The number of amides is 1. The van der Waals surface area contributed by atoms with Crippen LogP contribution in [0.1, 0.15) is 66.6 Å². The molecule has 1 amide bonds. The molecule has 2 heterocycles. The van der Waals surface area contributed by atoms with E-state index in [9.17, 15) is 14.4 Å². The minimum Gasteiger partial charge on any atom is -0.455 e. The summed E-state index contributed by atoms with van der Waals surface area (Å²) in [7, 11) is 0. The number of carbonyl (C=O) groups is 3. The Bertz CT molecular complexity index is 1480. The van der Waals surface area contributed by atoms with E-state index in [1.54, 1.807) is 42.6 Å². The van der Waals surface area contributed by atoms with Gasteiger partial charge in [0, 0.05) is 42.1 Å². The predicted molar refractivity (Wildman–Crippen MR) is 177 cm³/mol. The standard InChI is InChI=1S/C34H42N6O7/c1-2-3-4-7-19-46-39-32(36)24-12-14-27(15-13-24)38-21-29(35)25-9-8-10-26(20-25)33(42)40(30-11-5-6-17-37-30)18-16-31(41)47-28-22-44-34(43)45-23-28/h5-6,8-15,17,20,28-29,38H,2-4,7,16,18-19,21-23,35H2,1H3,(H2,36,39). The van der Waals surface area contributed by atoms with E-state index in [4.69, 9.17) is 30.5 Å². The van der Waals surface area contributed by atoms with E-state index in [1.165, 1.54) is 11.3 Å². The molecule has 0 aliphatic carbocycles. The molecule has 0 saturated carbocycles. The van der Waals surface area contributed by atoms with Gasteiger partial charge in [0.1, 0.15) is 25.6 Å². The maximum atomic E-state index is 13.7. The number of cyclic esters (lactones) is 2. The summed E-state index contributed by atoms with van der Waals surface area (Å²) in [6.07, 6.45) is 4.34. The molecular weight excluding hydrogens is 604 g/mol. The van der Waals surface area contributed by atoms with Gasteiger partial charge in [0.15, 0.2) is 11.9 Å². The molecule has 3 aromatic rings. The van der Waals surface area contributed by atoms with Crippen LogP contribution in [-0.4, -0.2) is 67.9 Å².